The molecule has 8 nitrogen and oxygen atoms in total. The molecule has 1 rings (SSSR count). The van der Waals surface area contributed by atoms with Crippen LogP contribution in [0.1, 0.15) is 27.2 Å². The first kappa shape index (κ1) is 20.8. The van der Waals surface area contributed by atoms with Gasteiger partial charge in [0.2, 0.25) is 0 Å². The summed E-state index contributed by atoms with van der Waals surface area (Å²) in [5, 5.41) is 5.43. The smallest absolute Gasteiger partial charge is 0.408 e. The van der Waals surface area contributed by atoms with Crippen molar-refractivity contribution in [2.24, 2.45) is 0 Å². The first-order valence-corrected chi connectivity index (χ1v) is 9.60. The number of hydrogen-bond acceptors (Lipinski definition) is 7. The fourth-order valence-corrected chi connectivity index (χ4v) is 2.85. The van der Waals surface area contributed by atoms with Crippen LogP contribution in [-0.4, -0.2) is 45.2 Å². The van der Waals surface area contributed by atoms with Gasteiger partial charge in [0.25, 0.3) is 0 Å². The molecule has 0 radical (unpaired) electrons. The number of hydrogen-bond donors (Lipinski definition) is 3. The Labute approximate surface area is 148 Å². The normalized spacial score (nSPS) is 13.0. The summed E-state index contributed by atoms with van der Waals surface area (Å²) < 4.78 is 28.4. The molecular formula is C16H25N3O5S. The Bertz CT molecular complexity index is 726. The molecular weight excluding hydrogens is 346 g/mol. The van der Waals surface area contributed by atoms with Crippen molar-refractivity contribution < 1.29 is 22.7 Å². The van der Waals surface area contributed by atoms with Gasteiger partial charge < -0.3 is 25.9 Å². The highest BCUT2D eigenvalue weighted by Crippen LogP contribution is 2.26. The predicted molar refractivity (Wildman–Crippen MR) is 96.3 cm³/mol. The summed E-state index contributed by atoms with van der Waals surface area (Å²) in [6, 6.07) is 3.90. The number of carbonyl (C=O) groups is 2. The number of aldehydes is 1. The van der Waals surface area contributed by atoms with Gasteiger partial charge in [0, 0.05) is 12.8 Å². The van der Waals surface area contributed by atoms with Crippen molar-refractivity contribution in [3.05, 3.63) is 18.2 Å². The molecule has 1 amide bonds. The van der Waals surface area contributed by atoms with Crippen LogP contribution in [0.25, 0.3) is 0 Å². The Hall–Kier alpha value is -2.29. The number of benzene rings is 1. The van der Waals surface area contributed by atoms with Gasteiger partial charge in [-0.25, -0.2) is 13.2 Å². The van der Waals surface area contributed by atoms with E-state index >= 15 is 0 Å². The van der Waals surface area contributed by atoms with Crippen molar-refractivity contribution in [1.29, 1.82) is 0 Å². The zero-order chi connectivity index (χ0) is 19.3. The second kappa shape index (κ2) is 8.19. The number of carbonyl (C=O) groups excluding carboxylic acids is 2. The van der Waals surface area contributed by atoms with E-state index in [0.717, 1.165) is 6.26 Å². The molecule has 0 aliphatic heterocycles. The van der Waals surface area contributed by atoms with E-state index in [1.54, 1.807) is 32.9 Å². The minimum atomic E-state index is -3.43. The molecule has 0 fully saturated rings. The molecule has 0 aliphatic rings. The number of anilines is 2. The molecule has 0 bridgehead atoms. The SMILES string of the molecule is CC(C)(C)OC(=O)NC(C=O)CCNc1cccc(S(C)(=O)=O)c1N. The third-order valence-electron chi connectivity index (χ3n) is 3.10. The lowest BCUT2D eigenvalue weighted by molar-refractivity contribution is -0.109. The van der Waals surface area contributed by atoms with Crippen LogP contribution in [0.5, 0.6) is 0 Å². The van der Waals surface area contributed by atoms with E-state index in [9.17, 15) is 18.0 Å². The summed E-state index contributed by atoms with van der Waals surface area (Å²) in [4.78, 5) is 22.8. The molecule has 0 spiro atoms. The summed E-state index contributed by atoms with van der Waals surface area (Å²) in [6.45, 7) is 5.47. The summed E-state index contributed by atoms with van der Waals surface area (Å²) in [5.74, 6) is 0. The molecule has 0 aromatic heterocycles. The number of alkyl carbamates (subject to hydrolysis) is 1. The molecule has 25 heavy (non-hydrogen) atoms. The molecule has 1 atom stereocenters. The Morgan fingerprint density at radius 3 is 2.52 bits per heavy atom. The van der Waals surface area contributed by atoms with Crippen molar-refractivity contribution in [2.45, 2.75) is 43.7 Å². The van der Waals surface area contributed by atoms with Gasteiger partial charge >= 0.3 is 6.09 Å². The van der Waals surface area contributed by atoms with E-state index in [-0.39, 0.29) is 17.0 Å². The zero-order valence-electron chi connectivity index (χ0n) is 14.8. The highest BCUT2D eigenvalue weighted by molar-refractivity contribution is 7.90. The monoisotopic (exact) mass is 371 g/mol. The predicted octanol–water partition coefficient (Wildman–Crippen LogP) is 1.57. The third kappa shape index (κ3) is 7.00. The van der Waals surface area contributed by atoms with Crippen LogP contribution >= 0.6 is 0 Å². The average Bonchev–Trinajstić information content (AvgIpc) is 2.44. The topological polar surface area (TPSA) is 128 Å². The average molecular weight is 371 g/mol. The minimum absolute atomic E-state index is 0.0383. The number of nitrogen functional groups attached to an aromatic ring is 1. The van der Waals surface area contributed by atoms with Crippen LogP contribution in [0.2, 0.25) is 0 Å². The van der Waals surface area contributed by atoms with Gasteiger partial charge in [0.05, 0.1) is 22.3 Å². The summed E-state index contributed by atoms with van der Waals surface area (Å²) in [5.41, 5.74) is 5.78. The molecule has 4 N–H and O–H groups in total. The quantitative estimate of drug-likeness (QED) is 0.490. The Morgan fingerprint density at radius 2 is 2.00 bits per heavy atom. The molecule has 140 valence electrons. The number of nitrogens with two attached hydrogens (primary N) is 1. The number of ether oxygens (including phenoxy) is 1. The maximum absolute atomic E-state index is 11.7. The van der Waals surface area contributed by atoms with Gasteiger partial charge in [-0.3, -0.25) is 0 Å². The lowest BCUT2D eigenvalue weighted by Gasteiger charge is -2.21. The standard InChI is InChI=1S/C16H25N3O5S/c1-16(2,3)24-15(21)19-11(10-20)8-9-18-12-6-5-7-13(14(12)17)25(4,22)23/h5-7,10-11,18H,8-9,17H2,1-4H3,(H,19,21). The van der Waals surface area contributed by atoms with Crippen molar-refractivity contribution in [3.63, 3.8) is 0 Å². The maximum Gasteiger partial charge on any atom is 0.408 e. The second-order valence-corrected chi connectivity index (χ2v) is 8.58. The molecule has 1 aromatic carbocycles. The van der Waals surface area contributed by atoms with E-state index in [0.29, 0.717) is 18.5 Å². The van der Waals surface area contributed by atoms with E-state index in [2.05, 4.69) is 10.6 Å². The fourth-order valence-electron chi connectivity index (χ4n) is 2.02. The molecule has 0 heterocycles. The van der Waals surface area contributed by atoms with Crippen molar-refractivity contribution >= 4 is 33.6 Å². The van der Waals surface area contributed by atoms with Crippen LogP contribution in [0.3, 0.4) is 0 Å². The Balaban J connectivity index is 2.64. The van der Waals surface area contributed by atoms with E-state index < -0.39 is 27.6 Å². The number of sulfone groups is 1. The van der Waals surface area contributed by atoms with Crippen LogP contribution in [0.15, 0.2) is 23.1 Å². The Kier molecular flexibility index (Phi) is 6.80. The number of nitrogens with one attached hydrogen (secondary N) is 2. The first-order valence-electron chi connectivity index (χ1n) is 7.71. The van der Waals surface area contributed by atoms with Gasteiger partial charge in [-0.2, -0.15) is 0 Å². The lowest BCUT2D eigenvalue weighted by Crippen LogP contribution is -2.40. The van der Waals surface area contributed by atoms with Crippen molar-refractivity contribution in [3.8, 4) is 0 Å². The molecule has 9 heteroatoms. The van der Waals surface area contributed by atoms with Crippen LogP contribution < -0.4 is 16.4 Å². The molecule has 1 unspecified atom stereocenters. The third-order valence-corrected chi connectivity index (χ3v) is 4.26. The fraction of sp³-hybridized carbons (Fsp3) is 0.500. The van der Waals surface area contributed by atoms with E-state index in [1.807, 2.05) is 0 Å². The van der Waals surface area contributed by atoms with Gasteiger partial charge in [0.15, 0.2) is 9.84 Å². The van der Waals surface area contributed by atoms with Crippen molar-refractivity contribution in [2.75, 3.05) is 23.9 Å². The van der Waals surface area contributed by atoms with Crippen LogP contribution in [-0.2, 0) is 19.4 Å². The van der Waals surface area contributed by atoms with Gasteiger partial charge in [-0.1, -0.05) is 6.07 Å². The number of rotatable bonds is 7. The number of amides is 1. The number of para-hydroxylation sites is 1. The van der Waals surface area contributed by atoms with Crippen molar-refractivity contribution in [1.82, 2.24) is 5.32 Å². The summed E-state index contributed by atoms with van der Waals surface area (Å²) in [6.07, 6.45) is 1.30. The van der Waals surface area contributed by atoms with E-state index in [4.69, 9.17) is 10.5 Å². The van der Waals surface area contributed by atoms with Gasteiger partial charge in [0.1, 0.15) is 11.9 Å². The molecule has 1 aromatic rings. The summed E-state index contributed by atoms with van der Waals surface area (Å²) >= 11 is 0. The summed E-state index contributed by atoms with van der Waals surface area (Å²) in [7, 11) is -3.43. The molecule has 0 saturated heterocycles. The molecule has 0 aliphatic carbocycles. The van der Waals surface area contributed by atoms with Crippen LogP contribution in [0.4, 0.5) is 16.2 Å². The van der Waals surface area contributed by atoms with Gasteiger partial charge in [-0.15, -0.1) is 0 Å². The molecule has 0 saturated carbocycles. The highest BCUT2D eigenvalue weighted by atomic mass is 32.2. The van der Waals surface area contributed by atoms with Crippen LogP contribution in [0, 0.1) is 0 Å². The second-order valence-electron chi connectivity index (χ2n) is 6.59. The van der Waals surface area contributed by atoms with Gasteiger partial charge in [-0.05, 0) is 39.3 Å². The Morgan fingerprint density at radius 1 is 1.36 bits per heavy atom. The van der Waals surface area contributed by atoms with E-state index in [1.165, 1.54) is 6.07 Å². The lowest BCUT2D eigenvalue weighted by atomic mass is 10.2. The largest absolute Gasteiger partial charge is 0.444 e. The highest BCUT2D eigenvalue weighted by Gasteiger charge is 2.19. The zero-order valence-corrected chi connectivity index (χ0v) is 15.6. The maximum atomic E-state index is 11.7. The first-order chi connectivity index (χ1) is 11.4. The minimum Gasteiger partial charge on any atom is -0.444 e.